The Balaban J connectivity index is 1.55. The van der Waals surface area contributed by atoms with Crippen LogP contribution < -0.4 is 0 Å². The number of carbonyl (C=O) groups excluding carboxylic acids is 2. The first-order chi connectivity index (χ1) is 16.1. The van der Waals surface area contributed by atoms with Gasteiger partial charge in [0.05, 0.1) is 0 Å². The molecule has 8 unspecified atom stereocenters. The van der Waals surface area contributed by atoms with Gasteiger partial charge in [0.25, 0.3) is 0 Å². The number of hydrogen-bond donors (Lipinski definition) is 0. The Morgan fingerprint density at radius 2 is 1.54 bits per heavy atom. The van der Waals surface area contributed by atoms with Crippen LogP contribution in [0.2, 0.25) is 0 Å². The van der Waals surface area contributed by atoms with Crippen molar-refractivity contribution in [3.8, 4) is 0 Å². The van der Waals surface area contributed by atoms with Crippen LogP contribution in [0.1, 0.15) is 120 Å². The molecule has 5 rings (SSSR count). The number of hydrogen-bond acceptors (Lipinski definition) is 3. The summed E-state index contributed by atoms with van der Waals surface area (Å²) in [5, 5.41) is 0. The molecule has 4 fully saturated rings. The molecule has 0 N–H and O–H groups in total. The van der Waals surface area contributed by atoms with Crippen molar-refractivity contribution in [2.45, 2.75) is 126 Å². The van der Waals surface area contributed by atoms with Crippen LogP contribution in [0.3, 0.4) is 0 Å². The average molecular weight is 483 g/mol. The molecule has 0 radical (unpaired) electrons. The maximum Gasteiger partial charge on any atom is 0.302 e. The minimum Gasteiger partial charge on any atom is -0.462 e. The maximum atomic E-state index is 13.3. The predicted molar refractivity (Wildman–Crippen MR) is 141 cm³/mol. The van der Waals surface area contributed by atoms with E-state index in [-0.39, 0.29) is 39.1 Å². The van der Waals surface area contributed by atoms with Crippen molar-refractivity contribution in [2.24, 2.45) is 50.7 Å². The van der Waals surface area contributed by atoms with Crippen LogP contribution in [0.5, 0.6) is 0 Å². The highest BCUT2D eigenvalue weighted by Crippen LogP contribution is 2.76. The lowest BCUT2D eigenvalue weighted by Crippen LogP contribution is -2.65. The molecule has 0 aliphatic heterocycles. The number of esters is 1. The van der Waals surface area contributed by atoms with Gasteiger partial charge in [-0.05, 0) is 102 Å². The Morgan fingerprint density at radius 3 is 2.17 bits per heavy atom. The molecule has 0 spiro atoms. The highest BCUT2D eigenvalue weighted by atomic mass is 16.5. The molecule has 0 aromatic carbocycles. The van der Waals surface area contributed by atoms with E-state index in [1.807, 2.05) is 0 Å². The number of rotatable bonds is 2. The van der Waals surface area contributed by atoms with Crippen LogP contribution in [0.4, 0.5) is 0 Å². The van der Waals surface area contributed by atoms with Crippen molar-refractivity contribution in [1.82, 2.24) is 0 Å². The molecule has 0 aromatic rings. The summed E-state index contributed by atoms with van der Waals surface area (Å²) in [6.07, 6.45) is 10.3. The van der Waals surface area contributed by atoms with Crippen molar-refractivity contribution >= 4 is 11.8 Å². The lowest BCUT2D eigenvalue weighted by atomic mass is 9.33. The molecule has 8 atom stereocenters. The van der Waals surface area contributed by atoms with Gasteiger partial charge in [0.15, 0.2) is 5.78 Å². The summed E-state index contributed by atoms with van der Waals surface area (Å²) in [6, 6.07) is 0. The molecule has 5 aliphatic carbocycles. The molecular weight excluding hydrogens is 432 g/mol. The largest absolute Gasteiger partial charge is 0.462 e. The van der Waals surface area contributed by atoms with Gasteiger partial charge in [-0.15, -0.1) is 0 Å². The standard InChI is InChI=1S/C32H50O3/c1-19(2)26-22(34)18-29(6)16-17-31(8)21(27(26)29)10-11-24-30(7)14-13-25(35-20(3)33)28(4,5)23(30)12-15-32(24,31)9/h19,21,23-25H,10-18H2,1-9H3. The van der Waals surface area contributed by atoms with E-state index in [1.165, 1.54) is 44.1 Å². The monoisotopic (exact) mass is 482 g/mol. The molecular formula is C32H50O3. The molecule has 4 saturated carbocycles. The number of fused-ring (bicyclic) bond motifs is 7. The fraction of sp³-hybridized carbons (Fsp3) is 0.875. The second-order valence-electron chi connectivity index (χ2n) is 15.2. The predicted octanol–water partition coefficient (Wildman–Crippen LogP) is 7.92. The highest BCUT2D eigenvalue weighted by molar-refractivity contribution is 6.00. The smallest absolute Gasteiger partial charge is 0.302 e. The molecule has 0 bridgehead atoms. The Bertz CT molecular complexity index is 973. The maximum absolute atomic E-state index is 13.3. The van der Waals surface area contributed by atoms with Crippen molar-refractivity contribution in [3.63, 3.8) is 0 Å². The van der Waals surface area contributed by atoms with Gasteiger partial charge in [-0.3, -0.25) is 9.59 Å². The first kappa shape index (κ1) is 25.5. The molecule has 196 valence electrons. The number of Topliss-reactive ketones (excluding diaryl/α,β-unsaturated/α-hetero) is 1. The molecule has 3 nitrogen and oxygen atoms in total. The van der Waals surface area contributed by atoms with Crippen LogP contribution in [0.25, 0.3) is 0 Å². The van der Waals surface area contributed by atoms with E-state index in [9.17, 15) is 9.59 Å². The van der Waals surface area contributed by atoms with E-state index >= 15 is 0 Å². The third-order valence-electron chi connectivity index (χ3n) is 13.0. The Labute approximate surface area is 214 Å². The fourth-order valence-electron chi connectivity index (χ4n) is 11.3. The van der Waals surface area contributed by atoms with E-state index in [0.29, 0.717) is 29.5 Å². The van der Waals surface area contributed by atoms with Gasteiger partial charge in [-0.2, -0.15) is 0 Å². The molecule has 0 aromatic heterocycles. The average Bonchev–Trinajstić information content (AvgIpc) is 3.01. The first-order valence-electron chi connectivity index (χ1n) is 14.6. The SMILES string of the molecule is CC(=O)OC1CCC2(C)C(CCC3(C)C2CCC2C4=C(C(C)C)C(=O)CC4(C)CCC23C)C1(C)C. The fourth-order valence-corrected chi connectivity index (χ4v) is 11.3. The number of allylic oxidation sites excluding steroid dienone is 2. The van der Waals surface area contributed by atoms with Crippen molar-refractivity contribution in [3.05, 3.63) is 11.1 Å². The minimum absolute atomic E-state index is 0.00804. The molecule has 3 heteroatoms. The van der Waals surface area contributed by atoms with Gasteiger partial charge in [0.2, 0.25) is 0 Å². The summed E-state index contributed by atoms with van der Waals surface area (Å²) in [5.74, 6) is 2.46. The molecule has 5 aliphatic rings. The van der Waals surface area contributed by atoms with Crippen molar-refractivity contribution < 1.29 is 14.3 Å². The van der Waals surface area contributed by atoms with Gasteiger partial charge in [0, 0.05) is 18.8 Å². The molecule has 0 heterocycles. The highest BCUT2D eigenvalue weighted by Gasteiger charge is 2.69. The zero-order valence-electron chi connectivity index (χ0n) is 24.0. The van der Waals surface area contributed by atoms with Crippen molar-refractivity contribution in [2.75, 3.05) is 0 Å². The number of carbonyl (C=O) groups is 2. The van der Waals surface area contributed by atoms with E-state index in [4.69, 9.17) is 4.74 Å². The molecule has 0 saturated heterocycles. The summed E-state index contributed by atoms with van der Waals surface area (Å²) in [7, 11) is 0. The normalized spacial score (nSPS) is 48.7. The summed E-state index contributed by atoms with van der Waals surface area (Å²) in [6.45, 7) is 21.0. The van der Waals surface area contributed by atoms with E-state index in [1.54, 1.807) is 12.5 Å². The van der Waals surface area contributed by atoms with E-state index in [2.05, 4.69) is 55.4 Å². The van der Waals surface area contributed by atoms with E-state index < -0.39 is 0 Å². The van der Waals surface area contributed by atoms with Crippen LogP contribution in [-0.4, -0.2) is 17.9 Å². The lowest BCUT2D eigenvalue weighted by Gasteiger charge is -2.72. The van der Waals surface area contributed by atoms with Gasteiger partial charge in [-0.1, -0.05) is 61.0 Å². The summed E-state index contributed by atoms with van der Waals surface area (Å²) in [4.78, 5) is 25.1. The number of ketones is 1. The third-order valence-corrected chi connectivity index (χ3v) is 13.0. The van der Waals surface area contributed by atoms with Crippen molar-refractivity contribution in [1.29, 1.82) is 0 Å². The zero-order chi connectivity index (χ0) is 25.8. The summed E-state index contributed by atoms with van der Waals surface area (Å²) in [5.41, 5.74) is 3.70. The minimum atomic E-state index is -0.133. The quantitative estimate of drug-likeness (QED) is 0.375. The Morgan fingerprint density at radius 1 is 0.857 bits per heavy atom. The van der Waals surface area contributed by atoms with Crippen LogP contribution in [0, 0.1) is 50.7 Å². The number of ether oxygens (including phenoxy) is 1. The van der Waals surface area contributed by atoms with Crippen LogP contribution in [-0.2, 0) is 14.3 Å². The second-order valence-corrected chi connectivity index (χ2v) is 15.2. The first-order valence-corrected chi connectivity index (χ1v) is 14.6. The zero-order valence-corrected chi connectivity index (χ0v) is 24.0. The van der Waals surface area contributed by atoms with Gasteiger partial charge in [-0.25, -0.2) is 0 Å². The Hall–Kier alpha value is -1.12. The topological polar surface area (TPSA) is 43.4 Å². The van der Waals surface area contributed by atoms with Crippen LogP contribution in [0.15, 0.2) is 11.1 Å². The summed E-state index contributed by atoms with van der Waals surface area (Å²) < 4.78 is 5.89. The molecule has 35 heavy (non-hydrogen) atoms. The van der Waals surface area contributed by atoms with E-state index in [0.717, 1.165) is 19.3 Å². The van der Waals surface area contributed by atoms with Crippen LogP contribution >= 0.6 is 0 Å². The second kappa shape index (κ2) is 7.70. The van der Waals surface area contributed by atoms with Gasteiger partial charge in [0.1, 0.15) is 6.10 Å². The Kier molecular flexibility index (Phi) is 5.62. The van der Waals surface area contributed by atoms with Gasteiger partial charge < -0.3 is 4.74 Å². The van der Waals surface area contributed by atoms with Gasteiger partial charge >= 0.3 is 5.97 Å². The lowest BCUT2D eigenvalue weighted by molar-refractivity contribution is -0.232. The summed E-state index contributed by atoms with van der Waals surface area (Å²) >= 11 is 0. The third kappa shape index (κ3) is 3.21. The molecule has 0 amide bonds.